The third-order valence-electron chi connectivity index (χ3n) is 3.08. The minimum Gasteiger partial charge on any atom is -0.380 e. The highest BCUT2D eigenvalue weighted by molar-refractivity contribution is 8.13. The standard InChI is InChI=1S/C10H16ClF3O3S/c11-18(15,16)8-9(3-1-2-4-9)7-17-6-5-10(12,13)14/h1-8H2. The maximum atomic E-state index is 11.9. The molecule has 1 saturated carbocycles. The van der Waals surface area contributed by atoms with Gasteiger partial charge in [0.2, 0.25) is 9.05 Å². The SMILES string of the molecule is O=S(=O)(Cl)CC1(COCCC(F)(F)F)CCCC1. The Labute approximate surface area is 109 Å². The zero-order chi connectivity index (χ0) is 13.9. The molecule has 1 aliphatic rings. The van der Waals surface area contributed by atoms with Crippen LogP contribution in [0.5, 0.6) is 0 Å². The average Bonchev–Trinajstić information content (AvgIpc) is 2.57. The molecule has 0 heterocycles. The summed E-state index contributed by atoms with van der Waals surface area (Å²) in [6, 6.07) is 0. The van der Waals surface area contributed by atoms with Gasteiger partial charge in [0, 0.05) is 16.1 Å². The molecule has 1 fully saturated rings. The van der Waals surface area contributed by atoms with Crippen LogP contribution in [0.25, 0.3) is 0 Å². The maximum absolute atomic E-state index is 11.9. The second-order valence-corrected chi connectivity index (χ2v) is 7.58. The first-order chi connectivity index (χ1) is 8.12. The summed E-state index contributed by atoms with van der Waals surface area (Å²) >= 11 is 0. The van der Waals surface area contributed by atoms with Gasteiger partial charge >= 0.3 is 6.18 Å². The number of halogens is 4. The van der Waals surface area contributed by atoms with Gasteiger partial charge in [0.05, 0.1) is 25.4 Å². The third-order valence-corrected chi connectivity index (χ3v) is 4.37. The normalized spacial score (nSPS) is 20.2. The maximum Gasteiger partial charge on any atom is 0.391 e. The molecule has 1 rings (SSSR count). The van der Waals surface area contributed by atoms with Crippen molar-refractivity contribution in [2.45, 2.75) is 38.3 Å². The summed E-state index contributed by atoms with van der Waals surface area (Å²) in [5.41, 5.74) is -0.605. The molecule has 0 spiro atoms. The van der Waals surface area contributed by atoms with Gasteiger partial charge in [-0.1, -0.05) is 12.8 Å². The fourth-order valence-corrected chi connectivity index (χ4v) is 4.10. The molecule has 0 aromatic heterocycles. The molecule has 0 atom stereocenters. The van der Waals surface area contributed by atoms with Gasteiger partial charge in [-0.3, -0.25) is 0 Å². The van der Waals surface area contributed by atoms with Gasteiger partial charge in [-0.2, -0.15) is 13.2 Å². The van der Waals surface area contributed by atoms with Crippen molar-refractivity contribution in [2.75, 3.05) is 19.0 Å². The molecule has 0 aliphatic heterocycles. The van der Waals surface area contributed by atoms with Crippen molar-refractivity contribution in [1.29, 1.82) is 0 Å². The van der Waals surface area contributed by atoms with Gasteiger partial charge in [-0.05, 0) is 12.8 Å². The average molecular weight is 309 g/mol. The van der Waals surface area contributed by atoms with E-state index in [0.29, 0.717) is 12.8 Å². The summed E-state index contributed by atoms with van der Waals surface area (Å²) in [4.78, 5) is 0. The lowest BCUT2D eigenvalue weighted by Crippen LogP contribution is -2.31. The highest BCUT2D eigenvalue weighted by atomic mass is 35.7. The van der Waals surface area contributed by atoms with Crippen LogP contribution in [0.1, 0.15) is 32.1 Å². The molecule has 0 N–H and O–H groups in total. The zero-order valence-corrected chi connectivity index (χ0v) is 11.4. The van der Waals surface area contributed by atoms with Crippen molar-refractivity contribution >= 4 is 19.7 Å². The number of hydrogen-bond acceptors (Lipinski definition) is 3. The summed E-state index contributed by atoms with van der Waals surface area (Å²) < 4.78 is 63.0. The van der Waals surface area contributed by atoms with E-state index >= 15 is 0 Å². The van der Waals surface area contributed by atoms with Crippen LogP contribution in [0.4, 0.5) is 13.2 Å². The fraction of sp³-hybridized carbons (Fsp3) is 1.00. The predicted octanol–water partition coefficient (Wildman–Crippen LogP) is 3.08. The molecule has 0 saturated heterocycles. The van der Waals surface area contributed by atoms with E-state index in [4.69, 9.17) is 15.4 Å². The molecule has 108 valence electrons. The van der Waals surface area contributed by atoms with Crippen LogP contribution in [-0.4, -0.2) is 33.6 Å². The summed E-state index contributed by atoms with van der Waals surface area (Å²) in [7, 11) is 1.56. The second-order valence-electron chi connectivity index (χ2n) is 4.81. The van der Waals surface area contributed by atoms with Crippen molar-refractivity contribution in [3.8, 4) is 0 Å². The minimum atomic E-state index is -4.25. The lowest BCUT2D eigenvalue weighted by molar-refractivity contribution is -0.147. The first kappa shape index (κ1) is 16.0. The second kappa shape index (κ2) is 5.96. The van der Waals surface area contributed by atoms with Crippen LogP contribution in [-0.2, 0) is 13.8 Å². The van der Waals surface area contributed by atoms with Crippen LogP contribution in [0, 0.1) is 5.41 Å². The minimum absolute atomic E-state index is 0.0228. The largest absolute Gasteiger partial charge is 0.391 e. The third kappa shape index (κ3) is 6.24. The van der Waals surface area contributed by atoms with Crippen LogP contribution in [0.2, 0.25) is 0 Å². The Bertz CT molecular complexity index is 361. The topological polar surface area (TPSA) is 43.4 Å². The van der Waals surface area contributed by atoms with Crippen molar-refractivity contribution in [1.82, 2.24) is 0 Å². The zero-order valence-electron chi connectivity index (χ0n) is 9.80. The molecular weight excluding hydrogens is 293 g/mol. The highest BCUT2D eigenvalue weighted by Gasteiger charge is 2.38. The van der Waals surface area contributed by atoms with E-state index < -0.39 is 33.7 Å². The number of alkyl halides is 3. The van der Waals surface area contributed by atoms with E-state index in [9.17, 15) is 21.6 Å². The molecule has 0 aromatic rings. The molecule has 0 bridgehead atoms. The van der Waals surface area contributed by atoms with Gasteiger partial charge in [0.15, 0.2) is 0 Å². The van der Waals surface area contributed by atoms with E-state index in [-0.39, 0.29) is 12.4 Å². The van der Waals surface area contributed by atoms with Crippen LogP contribution >= 0.6 is 10.7 Å². The predicted molar refractivity (Wildman–Crippen MR) is 62.0 cm³/mol. The number of ether oxygens (including phenoxy) is 1. The van der Waals surface area contributed by atoms with Gasteiger partial charge in [-0.25, -0.2) is 8.42 Å². The van der Waals surface area contributed by atoms with E-state index in [0.717, 1.165) is 12.8 Å². The van der Waals surface area contributed by atoms with Crippen molar-refractivity contribution in [3.05, 3.63) is 0 Å². The van der Waals surface area contributed by atoms with Crippen LogP contribution in [0.3, 0.4) is 0 Å². The Kier molecular flexibility index (Phi) is 5.32. The fourth-order valence-electron chi connectivity index (χ4n) is 2.30. The van der Waals surface area contributed by atoms with E-state index in [1.165, 1.54) is 0 Å². The molecule has 0 unspecified atom stereocenters. The molecule has 18 heavy (non-hydrogen) atoms. The van der Waals surface area contributed by atoms with Crippen molar-refractivity contribution in [2.24, 2.45) is 5.41 Å². The molecular formula is C10H16ClF3O3S. The summed E-state index contributed by atoms with van der Waals surface area (Å²) in [6.07, 6.45) is -2.29. The van der Waals surface area contributed by atoms with E-state index in [1.807, 2.05) is 0 Å². The van der Waals surface area contributed by atoms with Crippen LogP contribution in [0.15, 0.2) is 0 Å². The Morgan fingerprint density at radius 2 is 1.78 bits per heavy atom. The van der Waals surface area contributed by atoms with E-state index in [2.05, 4.69) is 0 Å². The molecule has 3 nitrogen and oxygen atoms in total. The molecule has 0 aromatic carbocycles. The lowest BCUT2D eigenvalue weighted by Gasteiger charge is -2.27. The highest BCUT2D eigenvalue weighted by Crippen LogP contribution is 2.40. The molecule has 0 amide bonds. The van der Waals surface area contributed by atoms with Gasteiger partial charge in [0.25, 0.3) is 0 Å². The first-order valence-electron chi connectivity index (χ1n) is 5.69. The Hall–Kier alpha value is -0.0100. The molecule has 1 aliphatic carbocycles. The van der Waals surface area contributed by atoms with Gasteiger partial charge < -0.3 is 4.74 Å². The quantitative estimate of drug-likeness (QED) is 0.559. The van der Waals surface area contributed by atoms with E-state index in [1.54, 1.807) is 0 Å². The summed E-state index contributed by atoms with van der Waals surface area (Å²) in [5.74, 6) is -0.229. The first-order valence-corrected chi connectivity index (χ1v) is 8.17. The molecule has 0 radical (unpaired) electrons. The monoisotopic (exact) mass is 308 g/mol. The van der Waals surface area contributed by atoms with Gasteiger partial charge in [0.1, 0.15) is 0 Å². The smallest absolute Gasteiger partial charge is 0.380 e. The summed E-state index contributed by atoms with van der Waals surface area (Å²) in [6.45, 7) is -0.414. The Morgan fingerprint density at radius 3 is 2.22 bits per heavy atom. The van der Waals surface area contributed by atoms with Crippen LogP contribution < -0.4 is 0 Å². The Balaban J connectivity index is 2.44. The Morgan fingerprint density at radius 1 is 1.22 bits per heavy atom. The molecule has 8 heteroatoms. The summed E-state index contributed by atoms with van der Waals surface area (Å²) in [5, 5.41) is 0. The van der Waals surface area contributed by atoms with Crippen molar-refractivity contribution < 1.29 is 26.3 Å². The number of rotatable bonds is 6. The lowest BCUT2D eigenvalue weighted by atomic mass is 9.90. The van der Waals surface area contributed by atoms with Crippen molar-refractivity contribution in [3.63, 3.8) is 0 Å². The van der Waals surface area contributed by atoms with Gasteiger partial charge in [-0.15, -0.1) is 0 Å². The number of hydrogen-bond donors (Lipinski definition) is 0.